The first-order chi connectivity index (χ1) is 11.5. The van der Waals surface area contributed by atoms with Crippen LogP contribution >= 0.6 is 0 Å². The lowest BCUT2D eigenvalue weighted by molar-refractivity contribution is -0.140. The number of esters is 2. The van der Waals surface area contributed by atoms with E-state index in [1.165, 1.54) is 31.4 Å². The molecule has 0 atom stereocenters. The lowest BCUT2D eigenvalue weighted by Crippen LogP contribution is -2.15. The molecule has 1 aromatic carbocycles. The highest BCUT2D eigenvalue weighted by molar-refractivity contribution is 5.94. The largest absolute Gasteiger partial charge is 0.479 e. The summed E-state index contributed by atoms with van der Waals surface area (Å²) in [5.74, 6) is -2.41. The highest BCUT2D eigenvalue weighted by Gasteiger charge is 2.17. The van der Waals surface area contributed by atoms with E-state index in [2.05, 4.69) is 11.7 Å². The Hall–Kier alpha value is -2.37. The summed E-state index contributed by atoms with van der Waals surface area (Å²) >= 11 is 0. The van der Waals surface area contributed by atoms with Crippen molar-refractivity contribution in [3.05, 3.63) is 29.8 Å². The van der Waals surface area contributed by atoms with Crippen LogP contribution in [-0.4, -0.2) is 29.6 Å². The zero-order chi connectivity index (χ0) is 17.8. The summed E-state index contributed by atoms with van der Waals surface area (Å²) < 4.78 is 9.83. The Morgan fingerprint density at radius 3 is 2.38 bits per heavy atom. The van der Waals surface area contributed by atoms with E-state index in [1.54, 1.807) is 12.1 Å². The number of unbranched alkanes of at least 4 members (excludes halogenated alkanes) is 5. The van der Waals surface area contributed by atoms with Gasteiger partial charge in [0.05, 0.1) is 0 Å². The molecule has 0 heterocycles. The molecule has 0 saturated heterocycles. The number of carboxylic acids is 1. The Morgan fingerprint density at radius 1 is 1.00 bits per heavy atom. The highest BCUT2D eigenvalue weighted by Crippen LogP contribution is 2.20. The van der Waals surface area contributed by atoms with Crippen molar-refractivity contribution in [1.82, 2.24) is 0 Å². The zero-order valence-corrected chi connectivity index (χ0v) is 14.0. The fourth-order valence-corrected chi connectivity index (χ4v) is 2.15. The number of hydrogen-bond acceptors (Lipinski definition) is 5. The highest BCUT2D eigenvalue weighted by atomic mass is 16.6. The molecule has 0 aliphatic rings. The molecule has 0 aliphatic heterocycles. The first kappa shape index (κ1) is 19.7. The molecule has 0 amide bonds. The van der Waals surface area contributed by atoms with Crippen LogP contribution in [-0.2, 0) is 14.3 Å². The summed E-state index contributed by atoms with van der Waals surface area (Å²) in [6.07, 6.45) is 6.65. The molecule has 132 valence electrons. The van der Waals surface area contributed by atoms with Gasteiger partial charge in [0.1, 0.15) is 11.3 Å². The minimum atomic E-state index is -1.25. The van der Waals surface area contributed by atoms with Gasteiger partial charge in [0.15, 0.2) is 6.61 Å². The first-order valence-electron chi connectivity index (χ1n) is 8.23. The van der Waals surface area contributed by atoms with Crippen LogP contribution in [0.2, 0.25) is 0 Å². The summed E-state index contributed by atoms with van der Waals surface area (Å²) in [5, 5.41) is 8.54. The second kappa shape index (κ2) is 11.2. The SMILES string of the molecule is CCCCCCCCC(=O)Oc1ccccc1C(=O)OCC(=O)O. The summed E-state index contributed by atoms with van der Waals surface area (Å²) in [6.45, 7) is 1.41. The number of ether oxygens (including phenoxy) is 2. The summed E-state index contributed by atoms with van der Waals surface area (Å²) in [6, 6.07) is 6.12. The smallest absolute Gasteiger partial charge is 0.342 e. The molecule has 0 saturated carbocycles. The molecule has 1 rings (SSSR count). The molecule has 0 radical (unpaired) electrons. The lowest BCUT2D eigenvalue weighted by atomic mass is 10.1. The van der Waals surface area contributed by atoms with Gasteiger partial charge in [0.25, 0.3) is 0 Å². The second-order valence-electron chi connectivity index (χ2n) is 5.46. The van der Waals surface area contributed by atoms with Crippen molar-refractivity contribution in [2.24, 2.45) is 0 Å². The standard InChI is InChI=1S/C18H24O6/c1-2-3-4-5-6-7-12-17(21)24-15-11-9-8-10-14(15)18(22)23-13-16(19)20/h8-11H,2-7,12-13H2,1H3,(H,19,20). The van der Waals surface area contributed by atoms with Gasteiger partial charge in [-0.2, -0.15) is 0 Å². The van der Waals surface area contributed by atoms with Gasteiger partial charge in [0, 0.05) is 6.42 Å². The van der Waals surface area contributed by atoms with Crippen molar-refractivity contribution in [3.63, 3.8) is 0 Å². The van der Waals surface area contributed by atoms with E-state index < -0.39 is 24.5 Å². The Morgan fingerprint density at radius 2 is 1.67 bits per heavy atom. The van der Waals surface area contributed by atoms with E-state index in [0.717, 1.165) is 19.3 Å². The molecule has 0 spiro atoms. The number of hydrogen-bond donors (Lipinski definition) is 1. The number of benzene rings is 1. The molecule has 0 unspecified atom stereocenters. The predicted octanol–water partition coefficient (Wildman–Crippen LogP) is 3.58. The quantitative estimate of drug-likeness (QED) is 0.377. The normalized spacial score (nSPS) is 10.2. The van der Waals surface area contributed by atoms with Crippen molar-refractivity contribution in [1.29, 1.82) is 0 Å². The maximum absolute atomic E-state index is 11.9. The van der Waals surface area contributed by atoms with E-state index in [1.807, 2.05) is 0 Å². The maximum atomic E-state index is 11.9. The third-order valence-electron chi connectivity index (χ3n) is 3.39. The third-order valence-corrected chi connectivity index (χ3v) is 3.39. The van der Waals surface area contributed by atoms with E-state index >= 15 is 0 Å². The van der Waals surface area contributed by atoms with Crippen molar-refractivity contribution >= 4 is 17.9 Å². The van der Waals surface area contributed by atoms with Crippen LogP contribution in [0, 0.1) is 0 Å². The Bertz CT molecular complexity index is 552. The van der Waals surface area contributed by atoms with Gasteiger partial charge in [-0.3, -0.25) is 4.79 Å². The number of carbonyl (C=O) groups is 3. The molecular formula is C18H24O6. The van der Waals surface area contributed by atoms with Crippen molar-refractivity contribution in [2.75, 3.05) is 6.61 Å². The van der Waals surface area contributed by atoms with Crippen molar-refractivity contribution in [2.45, 2.75) is 51.9 Å². The van der Waals surface area contributed by atoms with Gasteiger partial charge in [-0.05, 0) is 18.6 Å². The van der Waals surface area contributed by atoms with Crippen LogP contribution in [0.1, 0.15) is 62.2 Å². The molecule has 6 nitrogen and oxygen atoms in total. The predicted molar refractivity (Wildman–Crippen MR) is 88.0 cm³/mol. The molecule has 24 heavy (non-hydrogen) atoms. The molecule has 6 heteroatoms. The molecular weight excluding hydrogens is 312 g/mol. The maximum Gasteiger partial charge on any atom is 0.342 e. The molecule has 1 aromatic rings. The van der Waals surface area contributed by atoms with Crippen LogP contribution in [0.4, 0.5) is 0 Å². The van der Waals surface area contributed by atoms with E-state index in [4.69, 9.17) is 9.84 Å². The Labute approximate surface area is 141 Å². The van der Waals surface area contributed by atoms with Gasteiger partial charge in [0.2, 0.25) is 0 Å². The monoisotopic (exact) mass is 336 g/mol. The number of carboxylic acid groups (broad SMARTS) is 1. The molecule has 0 aliphatic carbocycles. The van der Waals surface area contributed by atoms with Crippen LogP contribution in [0.3, 0.4) is 0 Å². The van der Waals surface area contributed by atoms with Gasteiger partial charge in [-0.1, -0.05) is 51.2 Å². The second-order valence-corrected chi connectivity index (χ2v) is 5.46. The number of para-hydroxylation sites is 1. The van der Waals surface area contributed by atoms with Gasteiger partial charge in [-0.15, -0.1) is 0 Å². The van der Waals surface area contributed by atoms with Crippen LogP contribution in [0.15, 0.2) is 24.3 Å². The minimum Gasteiger partial charge on any atom is -0.479 e. The average Bonchev–Trinajstić information content (AvgIpc) is 2.56. The third kappa shape index (κ3) is 7.76. The van der Waals surface area contributed by atoms with Gasteiger partial charge in [-0.25, -0.2) is 9.59 Å². The number of aliphatic carboxylic acids is 1. The van der Waals surface area contributed by atoms with E-state index in [9.17, 15) is 14.4 Å². The molecule has 0 fully saturated rings. The minimum absolute atomic E-state index is 0.0371. The topological polar surface area (TPSA) is 89.9 Å². The van der Waals surface area contributed by atoms with E-state index in [-0.39, 0.29) is 17.7 Å². The molecule has 0 aromatic heterocycles. The fourth-order valence-electron chi connectivity index (χ4n) is 2.15. The summed E-state index contributed by atoms with van der Waals surface area (Å²) in [7, 11) is 0. The van der Waals surface area contributed by atoms with E-state index in [0.29, 0.717) is 0 Å². The molecule has 0 bridgehead atoms. The summed E-state index contributed by atoms with van der Waals surface area (Å²) in [4.78, 5) is 34.2. The first-order valence-corrected chi connectivity index (χ1v) is 8.23. The van der Waals surface area contributed by atoms with Gasteiger partial charge < -0.3 is 14.6 Å². The number of rotatable bonds is 11. The summed E-state index contributed by atoms with van der Waals surface area (Å²) in [5.41, 5.74) is 0.0371. The Kier molecular flexibility index (Phi) is 9.19. The zero-order valence-electron chi connectivity index (χ0n) is 14.0. The lowest BCUT2D eigenvalue weighted by Gasteiger charge is -2.09. The average molecular weight is 336 g/mol. The number of carbonyl (C=O) groups excluding carboxylic acids is 2. The van der Waals surface area contributed by atoms with Gasteiger partial charge >= 0.3 is 17.9 Å². The Balaban J connectivity index is 2.47. The van der Waals surface area contributed by atoms with Crippen LogP contribution in [0.25, 0.3) is 0 Å². The fraction of sp³-hybridized carbons (Fsp3) is 0.500. The van der Waals surface area contributed by atoms with Crippen molar-refractivity contribution in [3.8, 4) is 5.75 Å². The van der Waals surface area contributed by atoms with Crippen LogP contribution < -0.4 is 4.74 Å². The van der Waals surface area contributed by atoms with Crippen molar-refractivity contribution < 1.29 is 29.0 Å². The molecule has 1 N–H and O–H groups in total. The van der Waals surface area contributed by atoms with Crippen LogP contribution in [0.5, 0.6) is 5.75 Å².